The van der Waals surface area contributed by atoms with Gasteiger partial charge in [-0.15, -0.1) is 0 Å². The van der Waals surface area contributed by atoms with Gasteiger partial charge in [0.15, 0.2) is 0 Å². The van der Waals surface area contributed by atoms with Crippen molar-refractivity contribution in [1.29, 1.82) is 5.26 Å². The van der Waals surface area contributed by atoms with Crippen LogP contribution in [0.4, 0.5) is 5.69 Å². The Kier molecular flexibility index (Phi) is 3.78. The number of hydrogen-bond donors (Lipinski definition) is 1. The van der Waals surface area contributed by atoms with Crippen molar-refractivity contribution in [1.82, 2.24) is 24.1 Å². The van der Waals surface area contributed by atoms with E-state index in [2.05, 4.69) is 26.0 Å². The number of nitrogens with one attached hydrogen (secondary N) is 1. The monoisotopic (exact) mass is 407 g/mol. The van der Waals surface area contributed by atoms with Crippen molar-refractivity contribution in [3.63, 3.8) is 0 Å². The maximum Gasteiger partial charge on any atom is 0.217 e. The highest BCUT2D eigenvalue weighted by Gasteiger charge is 2.53. The minimum absolute atomic E-state index is 0.163. The number of aromatic amines is 1. The molecule has 9 nitrogen and oxygen atoms in total. The minimum Gasteiger partial charge on any atom is -0.346 e. The molecule has 0 bridgehead atoms. The van der Waals surface area contributed by atoms with Crippen LogP contribution in [0.25, 0.3) is 27.0 Å². The molecule has 3 aromatic heterocycles. The van der Waals surface area contributed by atoms with Gasteiger partial charge in [0, 0.05) is 48.2 Å². The van der Waals surface area contributed by atoms with E-state index in [1.54, 1.807) is 23.3 Å². The Bertz CT molecular complexity index is 1300. The lowest BCUT2D eigenvalue weighted by Gasteiger charge is -2.48. The van der Waals surface area contributed by atoms with Crippen molar-refractivity contribution in [3.05, 3.63) is 42.3 Å². The van der Waals surface area contributed by atoms with Gasteiger partial charge in [0.1, 0.15) is 11.2 Å². The molecule has 29 heavy (non-hydrogen) atoms. The van der Waals surface area contributed by atoms with Crippen LogP contribution in [-0.4, -0.2) is 50.8 Å². The van der Waals surface area contributed by atoms with Crippen LogP contribution in [0.3, 0.4) is 0 Å². The molecule has 0 amide bonds. The molecular formula is C19H17N7O2S. The Morgan fingerprint density at radius 2 is 2.17 bits per heavy atom. The van der Waals surface area contributed by atoms with Crippen molar-refractivity contribution in [2.75, 3.05) is 13.1 Å². The summed E-state index contributed by atoms with van der Waals surface area (Å²) < 4.78 is 28.1. The van der Waals surface area contributed by atoms with Gasteiger partial charge in [-0.05, 0) is 18.9 Å². The molecule has 1 aliphatic heterocycles. The van der Waals surface area contributed by atoms with Gasteiger partial charge in [0.05, 0.1) is 30.5 Å². The molecule has 0 unspecified atom stereocenters. The van der Waals surface area contributed by atoms with E-state index in [1.165, 1.54) is 10.5 Å². The summed E-state index contributed by atoms with van der Waals surface area (Å²) in [6.45, 7) is 7.96. The van der Waals surface area contributed by atoms with E-state index in [0.29, 0.717) is 24.2 Å². The Balaban J connectivity index is 1.52. The maximum atomic E-state index is 12.5. The zero-order valence-corrected chi connectivity index (χ0v) is 16.2. The molecule has 0 aromatic carbocycles. The molecule has 0 radical (unpaired) electrons. The molecule has 0 spiro atoms. The third-order valence-corrected chi connectivity index (χ3v) is 7.99. The van der Waals surface area contributed by atoms with Crippen LogP contribution < -0.4 is 0 Å². The topological polar surface area (TPSA) is 112 Å². The highest BCUT2D eigenvalue weighted by atomic mass is 32.2. The largest absolute Gasteiger partial charge is 0.346 e. The maximum absolute atomic E-state index is 12.5. The summed E-state index contributed by atoms with van der Waals surface area (Å²) in [4.78, 5) is 10.9. The summed E-state index contributed by atoms with van der Waals surface area (Å²) in [6, 6.07) is 4.04. The Morgan fingerprint density at radius 3 is 2.86 bits per heavy atom. The van der Waals surface area contributed by atoms with E-state index in [4.69, 9.17) is 6.57 Å². The molecule has 1 aliphatic carbocycles. The van der Waals surface area contributed by atoms with Crippen LogP contribution >= 0.6 is 0 Å². The first-order chi connectivity index (χ1) is 14.0. The molecule has 5 rings (SSSR count). The smallest absolute Gasteiger partial charge is 0.217 e. The van der Waals surface area contributed by atoms with Crippen LogP contribution in [0.5, 0.6) is 0 Å². The number of aromatic nitrogens is 4. The molecule has 1 N–H and O–H groups in total. The Hall–Kier alpha value is -3.21. The second-order valence-corrected chi connectivity index (χ2v) is 9.83. The lowest BCUT2D eigenvalue weighted by Crippen LogP contribution is -2.64. The molecule has 2 fully saturated rings. The van der Waals surface area contributed by atoms with E-state index in [1.807, 2.05) is 6.07 Å². The molecule has 146 valence electrons. The van der Waals surface area contributed by atoms with Gasteiger partial charge in [-0.3, -0.25) is 9.67 Å². The number of pyridine rings is 1. The summed E-state index contributed by atoms with van der Waals surface area (Å²) in [6.07, 6.45) is 8.34. The van der Waals surface area contributed by atoms with E-state index in [9.17, 15) is 13.7 Å². The van der Waals surface area contributed by atoms with Crippen molar-refractivity contribution in [2.24, 2.45) is 0 Å². The Morgan fingerprint density at radius 1 is 1.38 bits per heavy atom. The zero-order valence-electron chi connectivity index (χ0n) is 15.4. The molecule has 2 aliphatic rings. The van der Waals surface area contributed by atoms with E-state index in [-0.39, 0.29) is 24.8 Å². The fourth-order valence-corrected chi connectivity index (χ4v) is 5.94. The summed E-state index contributed by atoms with van der Waals surface area (Å²) in [5.74, 6) is 0. The minimum atomic E-state index is -3.27. The van der Waals surface area contributed by atoms with Crippen LogP contribution in [0.15, 0.2) is 30.9 Å². The van der Waals surface area contributed by atoms with Gasteiger partial charge in [0.2, 0.25) is 15.7 Å². The van der Waals surface area contributed by atoms with Crippen molar-refractivity contribution < 1.29 is 8.42 Å². The number of H-pyrrole nitrogens is 1. The fraction of sp³-hybridized carbons (Fsp3) is 0.368. The molecule has 10 heteroatoms. The highest BCUT2D eigenvalue weighted by Crippen LogP contribution is 2.41. The quantitative estimate of drug-likeness (QED) is 0.653. The number of hydrogen-bond acceptors (Lipinski definition) is 5. The van der Waals surface area contributed by atoms with Gasteiger partial charge in [-0.25, -0.2) is 13.3 Å². The van der Waals surface area contributed by atoms with Gasteiger partial charge in [-0.2, -0.15) is 14.7 Å². The SMILES string of the molecule is [C-]#[N+]c1cnc2[nH]ccc2c1-c1cnn(C2(CC#N)CN(S(=O)(=O)C3CC3)C2)c1. The second-order valence-electron chi connectivity index (χ2n) is 7.62. The number of fused-ring (bicyclic) bond motifs is 1. The molecule has 3 aromatic rings. The number of nitriles is 1. The average Bonchev–Trinajstić information content (AvgIpc) is 3.25. The van der Waals surface area contributed by atoms with Gasteiger partial charge in [0.25, 0.3) is 0 Å². The lowest BCUT2D eigenvalue weighted by molar-refractivity contribution is 0.0716. The van der Waals surface area contributed by atoms with E-state index in [0.717, 1.165) is 16.5 Å². The first-order valence-electron chi connectivity index (χ1n) is 9.23. The van der Waals surface area contributed by atoms with Gasteiger partial charge < -0.3 is 4.98 Å². The molecule has 1 saturated heterocycles. The molecule has 4 heterocycles. The summed E-state index contributed by atoms with van der Waals surface area (Å²) in [5, 5.41) is 14.4. The second kappa shape index (κ2) is 6.14. The van der Waals surface area contributed by atoms with E-state index >= 15 is 0 Å². The van der Waals surface area contributed by atoms with Crippen molar-refractivity contribution in [2.45, 2.75) is 30.1 Å². The lowest BCUT2D eigenvalue weighted by atomic mass is 9.89. The van der Waals surface area contributed by atoms with Crippen LogP contribution in [0.2, 0.25) is 0 Å². The zero-order chi connectivity index (χ0) is 20.2. The third-order valence-electron chi connectivity index (χ3n) is 5.70. The fourth-order valence-electron chi connectivity index (χ4n) is 3.95. The predicted octanol–water partition coefficient (Wildman–Crippen LogP) is 2.39. The number of sulfonamides is 1. The van der Waals surface area contributed by atoms with Crippen molar-refractivity contribution in [3.8, 4) is 17.2 Å². The standard InChI is InChI=1S/C19H17N7O2S/c1-21-16-9-23-18-15(4-7-22-18)17(16)13-8-24-26(10-13)19(5-6-20)11-25(12-19)29(27,28)14-2-3-14/h4,7-10,14H,2-3,5,11-12H2,(H,22,23). The van der Waals surface area contributed by atoms with Crippen molar-refractivity contribution >= 4 is 26.7 Å². The highest BCUT2D eigenvalue weighted by molar-refractivity contribution is 7.90. The van der Waals surface area contributed by atoms with Crippen LogP contribution in [0.1, 0.15) is 19.3 Å². The van der Waals surface area contributed by atoms with Gasteiger partial charge >= 0.3 is 0 Å². The van der Waals surface area contributed by atoms with E-state index < -0.39 is 15.6 Å². The molecular weight excluding hydrogens is 390 g/mol. The third kappa shape index (κ3) is 2.64. The normalized spacial score (nSPS) is 18.8. The Labute approximate surface area is 167 Å². The predicted molar refractivity (Wildman–Crippen MR) is 105 cm³/mol. The molecule has 0 atom stereocenters. The number of nitrogens with zero attached hydrogens (tertiary/aromatic N) is 6. The summed E-state index contributed by atoms with van der Waals surface area (Å²) >= 11 is 0. The van der Waals surface area contributed by atoms with Crippen LogP contribution in [0, 0.1) is 17.9 Å². The summed E-state index contributed by atoms with van der Waals surface area (Å²) in [7, 11) is -3.27. The first kappa shape index (κ1) is 17.9. The van der Waals surface area contributed by atoms with Gasteiger partial charge in [-0.1, -0.05) is 0 Å². The number of rotatable bonds is 5. The summed E-state index contributed by atoms with van der Waals surface area (Å²) in [5.41, 5.74) is 1.88. The van der Waals surface area contributed by atoms with Crippen LogP contribution in [-0.2, 0) is 15.6 Å². The first-order valence-corrected chi connectivity index (χ1v) is 10.7. The average molecular weight is 407 g/mol. The molecule has 1 saturated carbocycles.